The van der Waals surface area contributed by atoms with Gasteiger partial charge in [-0.05, 0) is 57.5 Å². The molecule has 1 heterocycles. The van der Waals surface area contributed by atoms with Crippen LogP contribution in [0.3, 0.4) is 0 Å². The number of hydrogen-bond acceptors (Lipinski definition) is 3. The second-order valence-electron chi connectivity index (χ2n) is 5.26. The van der Waals surface area contributed by atoms with E-state index < -0.39 is 0 Å². The average molecular weight is 348 g/mol. The Morgan fingerprint density at radius 1 is 1.10 bits per heavy atom. The van der Waals surface area contributed by atoms with E-state index in [4.69, 9.17) is 9.97 Å². The summed E-state index contributed by atoms with van der Waals surface area (Å²) in [5, 5.41) is 3.35. The molecule has 112 valence electrons. The molecule has 0 fully saturated rings. The van der Waals surface area contributed by atoms with Gasteiger partial charge in [0.15, 0.2) is 5.82 Å². The maximum atomic E-state index is 4.69. The fourth-order valence-electron chi connectivity index (χ4n) is 2.35. The highest BCUT2D eigenvalue weighted by molar-refractivity contribution is 9.10. The van der Waals surface area contributed by atoms with E-state index in [1.165, 1.54) is 11.1 Å². The maximum Gasteiger partial charge on any atom is 0.159 e. The molecule has 1 aromatic heterocycles. The van der Waals surface area contributed by atoms with Crippen LogP contribution in [0.25, 0.3) is 11.4 Å². The van der Waals surface area contributed by atoms with E-state index in [0.29, 0.717) is 0 Å². The second kappa shape index (κ2) is 7.14. The predicted octanol–water partition coefficient (Wildman–Crippen LogP) is 3.98. The van der Waals surface area contributed by atoms with Crippen LogP contribution >= 0.6 is 15.9 Å². The van der Waals surface area contributed by atoms with Gasteiger partial charge in [0.1, 0.15) is 0 Å². The minimum atomic E-state index is 0.804. The standard InChI is InChI=1S/C17H22BrN3/c1-5-19-9-8-15-12(3)20-17(21-13(15)4)14-7-6-11(2)16(18)10-14/h6-7,10,19H,5,8-9H2,1-4H3. The molecular formula is C17H22BrN3. The highest BCUT2D eigenvalue weighted by Gasteiger charge is 2.10. The molecule has 0 radical (unpaired) electrons. The lowest BCUT2D eigenvalue weighted by atomic mass is 10.1. The zero-order valence-corrected chi connectivity index (χ0v) is 14.7. The highest BCUT2D eigenvalue weighted by atomic mass is 79.9. The molecule has 0 aliphatic rings. The van der Waals surface area contributed by atoms with E-state index in [2.05, 4.69) is 67.1 Å². The van der Waals surface area contributed by atoms with Crippen LogP contribution in [-0.4, -0.2) is 23.1 Å². The minimum absolute atomic E-state index is 0.804. The Labute approximate surface area is 135 Å². The van der Waals surface area contributed by atoms with Crippen LogP contribution in [-0.2, 0) is 6.42 Å². The summed E-state index contributed by atoms with van der Waals surface area (Å²) in [7, 11) is 0. The zero-order valence-electron chi connectivity index (χ0n) is 13.1. The number of halogens is 1. The van der Waals surface area contributed by atoms with Crippen molar-refractivity contribution in [3.8, 4) is 11.4 Å². The predicted molar refractivity (Wildman–Crippen MR) is 91.6 cm³/mol. The number of hydrogen-bond donors (Lipinski definition) is 1. The smallest absolute Gasteiger partial charge is 0.159 e. The molecule has 2 rings (SSSR count). The van der Waals surface area contributed by atoms with Crippen LogP contribution < -0.4 is 5.32 Å². The van der Waals surface area contributed by atoms with Gasteiger partial charge in [-0.1, -0.05) is 35.0 Å². The summed E-state index contributed by atoms with van der Waals surface area (Å²) in [4.78, 5) is 9.39. The fraction of sp³-hybridized carbons (Fsp3) is 0.412. The van der Waals surface area contributed by atoms with Gasteiger partial charge in [-0.2, -0.15) is 0 Å². The van der Waals surface area contributed by atoms with E-state index in [9.17, 15) is 0 Å². The first-order valence-corrected chi connectivity index (χ1v) is 8.13. The van der Waals surface area contributed by atoms with Crippen molar-refractivity contribution >= 4 is 15.9 Å². The summed E-state index contributed by atoms with van der Waals surface area (Å²) in [5.41, 5.74) is 5.68. The molecule has 0 saturated heterocycles. The summed E-state index contributed by atoms with van der Waals surface area (Å²) in [6, 6.07) is 6.25. The normalized spacial score (nSPS) is 10.9. The van der Waals surface area contributed by atoms with E-state index >= 15 is 0 Å². The van der Waals surface area contributed by atoms with Crippen molar-refractivity contribution in [2.75, 3.05) is 13.1 Å². The molecule has 4 heteroatoms. The van der Waals surface area contributed by atoms with Gasteiger partial charge in [-0.25, -0.2) is 9.97 Å². The molecule has 0 atom stereocenters. The first kappa shape index (κ1) is 16.1. The third kappa shape index (κ3) is 3.89. The van der Waals surface area contributed by atoms with Crippen LogP contribution in [0.15, 0.2) is 22.7 Å². The number of aryl methyl sites for hydroxylation is 3. The van der Waals surface area contributed by atoms with Gasteiger partial charge in [0.05, 0.1) is 0 Å². The van der Waals surface area contributed by atoms with Gasteiger partial charge in [-0.3, -0.25) is 0 Å². The van der Waals surface area contributed by atoms with Crippen molar-refractivity contribution in [1.29, 1.82) is 0 Å². The fourth-order valence-corrected chi connectivity index (χ4v) is 2.73. The molecule has 21 heavy (non-hydrogen) atoms. The summed E-state index contributed by atoms with van der Waals surface area (Å²) in [6.45, 7) is 10.3. The lowest BCUT2D eigenvalue weighted by Crippen LogP contribution is -2.17. The lowest BCUT2D eigenvalue weighted by molar-refractivity contribution is 0.708. The summed E-state index contributed by atoms with van der Waals surface area (Å²) >= 11 is 3.57. The van der Waals surface area contributed by atoms with Gasteiger partial charge in [-0.15, -0.1) is 0 Å². The summed E-state index contributed by atoms with van der Waals surface area (Å²) in [6.07, 6.45) is 0.976. The number of rotatable bonds is 5. The monoisotopic (exact) mass is 347 g/mol. The van der Waals surface area contributed by atoms with Gasteiger partial charge in [0.25, 0.3) is 0 Å². The van der Waals surface area contributed by atoms with Crippen molar-refractivity contribution in [3.05, 3.63) is 45.2 Å². The quantitative estimate of drug-likeness (QED) is 0.831. The van der Waals surface area contributed by atoms with Crippen LogP contribution in [0.5, 0.6) is 0 Å². The number of likely N-dealkylation sites (N-methyl/N-ethyl adjacent to an activating group) is 1. The molecule has 0 unspecified atom stereocenters. The Balaban J connectivity index is 2.32. The molecule has 1 aromatic carbocycles. The van der Waals surface area contributed by atoms with Gasteiger partial charge in [0.2, 0.25) is 0 Å². The Bertz CT molecular complexity index is 615. The summed E-state index contributed by atoms with van der Waals surface area (Å²) < 4.78 is 1.09. The number of nitrogens with zero attached hydrogens (tertiary/aromatic N) is 2. The Morgan fingerprint density at radius 3 is 2.33 bits per heavy atom. The van der Waals surface area contributed by atoms with Crippen LogP contribution in [0.4, 0.5) is 0 Å². The van der Waals surface area contributed by atoms with E-state index in [1.54, 1.807) is 0 Å². The molecule has 1 N–H and O–H groups in total. The number of nitrogens with one attached hydrogen (secondary N) is 1. The SMILES string of the molecule is CCNCCc1c(C)nc(-c2ccc(C)c(Br)c2)nc1C. The lowest BCUT2D eigenvalue weighted by Gasteiger charge is -2.12. The van der Waals surface area contributed by atoms with E-state index in [0.717, 1.165) is 46.8 Å². The molecule has 2 aromatic rings. The molecule has 0 bridgehead atoms. The molecular weight excluding hydrogens is 326 g/mol. The second-order valence-corrected chi connectivity index (χ2v) is 6.12. The summed E-state index contributed by atoms with van der Waals surface area (Å²) in [5.74, 6) is 0.804. The van der Waals surface area contributed by atoms with Gasteiger partial charge in [0, 0.05) is 21.4 Å². The van der Waals surface area contributed by atoms with Crippen molar-refractivity contribution in [1.82, 2.24) is 15.3 Å². The topological polar surface area (TPSA) is 37.8 Å². The maximum absolute atomic E-state index is 4.69. The van der Waals surface area contributed by atoms with Gasteiger partial charge >= 0.3 is 0 Å². The van der Waals surface area contributed by atoms with Gasteiger partial charge < -0.3 is 5.32 Å². The zero-order chi connectivity index (χ0) is 15.4. The molecule has 3 nitrogen and oxygen atoms in total. The molecule has 0 aliphatic heterocycles. The van der Waals surface area contributed by atoms with Crippen molar-refractivity contribution < 1.29 is 0 Å². The highest BCUT2D eigenvalue weighted by Crippen LogP contribution is 2.24. The van der Waals surface area contributed by atoms with Crippen molar-refractivity contribution in [2.45, 2.75) is 34.1 Å². The third-order valence-electron chi connectivity index (χ3n) is 3.65. The number of benzene rings is 1. The Hall–Kier alpha value is -1.26. The first-order valence-electron chi connectivity index (χ1n) is 7.34. The largest absolute Gasteiger partial charge is 0.317 e. The van der Waals surface area contributed by atoms with E-state index in [1.807, 2.05) is 0 Å². The number of aromatic nitrogens is 2. The Kier molecular flexibility index (Phi) is 5.48. The molecule has 0 spiro atoms. The van der Waals surface area contributed by atoms with E-state index in [-0.39, 0.29) is 0 Å². The minimum Gasteiger partial charge on any atom is -0.317 e. The molecule has 0 saturated carbocycles. The van der Waals surface area contributed by atoms with Crippen LogP contribution in [0.2, 0.25) is 0 Å². The third-order valence-corrected chi connectivity index (χ3v) is 4.51. The molecule has 0 aliphatic carbocycles. The van der Waals surface area contributed by atoms with Crippen LogP contribution in [0.1, 0.15) is 29.4 Å². The molecule has 0 amide bonds. The average Bonchev–Trinajstić information content (AvgIpc) is 2.44. The van der Waals surface area contributed by atoms with Crippen molar-refractivity contribution in [2.24, 2.45) is 0 Å². The van der Waals surface area contributed by atoms with Crippen LogP contribution in [0, 0.1) is 20.8 Å². The van der Waals surface area contributed by atoms with Crippen molar-refractivity contribution in [3.63, 3.8) is 0 Å². The Morgan fingerprint density at radius 2 is 1.76 bits per heavy atom. The first-order chi connectivity index (χ1) is 10.0.